The molecule has 1 atom stereocenters. The van der Waals surface area contributed by atoms with Crippen molar-refractivity contribution in [3.63, 3.8) is 0 Å². The number of nitrogens with two attached hydrogens (primary N) is 1. The minimum Gasteiger partial charge on any atom is -0.320 e. The summed E-state index contributed by atoms with van der Waals surface area (Å²) < 4.78 is 50.9. The van der Waals surface area contributed by atoms with Gasteiger partial charge in [0.05, 0.1) is 11.6 Å². The summed E-state index contributed by atoms with van der Waals surface area (Å²) in [5.74, 6) is -0.939. The molecule has 1 nitrogen and oxygen atoms in total. The molecular weight excluding hydrogens is 302 g/mol. The van der Waals surface area contributed by atoms with Crippen LogP contribution in [0.15, 0.2) is 35.0 Å². The van der Waals surface area contributed by atoms with Gasteiger partial charge in [0, 0.05) is 0 Å². The molecule has 2 aromatic rings. The predicted octanol–water partition coefficient (Wildman–Crippen LogP) is 4.38. The number of benzene rings is 1. The van der Waals surface area contributed by atoms with Crippen LogP contribution in [0.4, 0.5) is 17.6 Å². The maximum absolute atomic E-state index is 13.2. The lowest BCUT2D eigenvalue weighted by Crippen LogP contribution is -2.14. The molecule has 0 spiro atoms. The third kappa shape index (κ3) is 3.68. The molecule has 104 valence electrons. The summed E-state index contributed by atoms with van der Waals surface area (Å²) in [6, 6.07) is 3.31. The van der Waals surface area contributed by atoms with E-state index < -0.39 is 23.6 Å². The fraction of sp³-hybridized carbons (Fsp3) is 0.167. The Balaban J connectivity index is 0.00000180. The zero-order valence-electron chi connectivity index (χ0n) is 9.45. The van der Waals surface area contributed by atoms with E-state index in [1.165, 1.54) is 11.3 Å². The molecule has 7 heteroatoms. The minimum absolute atomic E-state index is 0. The van der Waals surface area contributed by atoms with Crippen molar-refractivity contribution < 1.29 is 17.6 Å². The first kappa shape index (κ1) is 15.9. The van der Waals surface area contributed by atoms with Gasteiger partial charge in [0.15, 0.2) is 0 Å². The van der Waals surface area contributed by atoms with Gasteiger partial charge in [0.25, 0.3) is 0 Å². The molecule has 0 amide bonds. The maximum atomic E-state index is 13.2. The summed E-state index contributed by atoms with van der Waals surface area (Å²) in [4.78, 5) is 0. The van der Waals surface area contributed by atoms with Crippen LogP contribution >= 0.6 is 23.7 Å². The molecule has 0 bridgehead atoms. The Morgan fingerprint density at radius 1 is 1.11 bits per heavy atom. The fourth-order valence-electron chi connectivity index (χ4n) is 1.60. The average Bonchev–Trinajstić information content (AvgIpc) is 2.79. The van der Waals surface area contributed by atoms with Gasteiger partial charge in [-0.15, -0.1) is 12.4 Å². The first-order chi connectivity index (χ1) is 8.38. The Kier molecular flexibility index (Phi) is 4.95. The largest absolute Gasteiger partial charge is 0.416 e. The van der Waals surface area contributed by atoms with Gasteiger partial charge in [-0.25, -0.2) is 4.39 Å². The summed E-state index contributed by atoms with van der Waals surface area (Å²) in [6.45, 7) is 0. The van der Waals surface area contributed by atoms with Crippen LogP contribution in [0, 0.1) is 5.82 Å². The van der Waals surface area contributed by atoms with Gasteiger partial charge in [0.1, 0.15) is 5.82 Å². The third-order valence-corrected chi connectivity index (χ3v) is 3.21. The average molecular weight is 312 g/mol. The van der Waals surface area contributed by atoms with E-state index >= 15 is 0 Å². The lowest BCUT2D eigenvalue weighted by Gasteiger charge is -2.14. The Bertz CT molecular complexity index is 539. The van der Waals surface area contributed by atoms with E-state index in [-0.39, 0.29) is 18.0 Å². The number of thiophene rings is 1. The standard InChI is InChI=1S/C12H9F4NS.ClH/c13-10-4-8(3-9(5-10)12(14,15)16)11(17)7-1-2-18-6-7;/h1-6,11H,17H2;1H/t11-;/m0./s1. The van der Waals surface area contributed by atoms with E-state index in [0.29, 0.717) is 11.6 Å². The van der Waals surface area contributed by atoms with Crippen LogP contribution in [0.3, 0.4) is 0 Å². The Morgan fingerprint density at radius 3 is 2.32 bits per heavy atom. The fourth-order valence-corrected chi connectivity index (χ4v) is 2.30. The van der Waals surface area contributed by atoms with Gasteiger partial charge in [0.2, 0.25) is 0 Å². The van der Waals surface area contributed by atoms with E-state index in [1.807, 2.05) is 0 Å². The van der Waals surface area contributed by atoms with Crippen molar-refractivity contribution in [1.29, 1.82) is 0 Å². The topological polar surface area (TPSA) is 26.0 Å². The molecule has 19 heavy (non-hydrogen) atoms. The lowest BCUT2D eigenvalue weighted by atomic mass is 10.00. The van der Waals surface area contributed by atoms with Gasteiger partial charge in [-0.3, -0.25) is 0 Å². The molecule has 0 fully saturated rings. The number of alkyl halides is 3. The number of hydrogen-bond donors (Lipinski definition) is 1. The number of rotatable bonds is 2. The van der Waals surface area contributed by atoms with Gasteiger partial charge < -0.3 is 5.73 Å². The van der Waals surface area contributed by atoms with E-state index in [4.69, 9.17) is 5.73 Å². The summed E-state index contributed by atoms with van der Waals surface area (Å²) in [6.07, 6.45) is -4.58. The van der Waals surface area contributed by atoms with Crippen molar-refractivity contribution in [2.75, 3.05) is 0 Å². The van der Waals surface area contributed by atoms with Crippen LogP contribution in [0.2, 0.25) is 0 Å². The highest BCUT2D eigenvalue weighted by Crippen LogP contribution is 2.32. The lowest BCUT2D eigenvalue weighted by molar-refractivity contribution is -0.137. The van der Waals surface area contributed by atoms with Crippen molar-refractivity contribution in [3.8, 4) is 0 Å². The zero-order chi connectivity index (χ0) is 13.3. The Hall–Kier alpha value is -1.11. The Labute approximate surface area is 117 Å². The molecule has 0 aliphatic heterocycles. The van der Waals surface area contributed by atoms with Crippen LogP contribution < -0.4 is 5.73 Å². The van der Waals surface area contributed by atoms with Crippen molar-refractivity contribution in [2.45, 2.75) is 12.2 Å². The second kappa shape index (κ2) is 5.90. The molecule has 0 radical (unpaired) electrons. The summed E-state index contributed by atoms with van der Waals surface area (Å²) >= 11 is 1.38. The smallest absolute Gasteiger partial charge is 0.320 e. The van der Waals surface area contributed by atoms with Gasteiger partial charge >= 0.3 is 6.18 Å². The first-order valence-electron chi connectivity index (χ1n) is 5.03. The number of hydrogen-bond acceptors (Lipinski definition) is 2. The monoisotopic (exact) mass is 311 g/mol. The molecule has 2 N–H and O–H groups in total. The molecular formula is C12H10ClF4NS. The van der Waals surface area contributed by atoms with E-state index in [9.17, 15) is 17.6 Å². The van der Waals surface area contributed by atoms with Crippen molar-refractivity contribution in [3.05, 3.63) is 57.5 Å². The predicted molar refractivity (Wildman–Crippen MR) is 69.0 cm³/mol. The van der Waals surface area contributed by atoms with E-state index in [2.05, 4.69) is 0 Å². The molecule has 0 aliphatic rings. The van der Waals surface area contributed by atoms with E-state index in [1.54, 1.807) is 16.8 Å². The number of halogens is 5. The van der Waals surface area contributed by atoms with Crippen LogP contribution in [-0.4, -0.2) is 0 Å². The van der Waals surface area contributed by atoms with Crippen molar-refractivity contribution in [2.24, 2.45) is 5.73 Å². The molecule has 0 saturated heterocycles. The third-order valence-electron chi connectivity index (χ3n) is 2.51. The molecule has 0 unspecified atom stereocenters. The summed E-state index contributed by atoms with van der Waals surface area (Å²) in [7, 11) is 0. The first-order valence-corrected chi connectivity index (χ1v) is 5.97. The SMILES string of the molecule is Cl.N[C@@H](c1ccsc1)c1cc(F)cc(C(F)(F)F)c1. The highest BCUT2D eigenvalue weighted by atomic mass is 35.5. The summed E-state index contributed by atoms with van der Waals surface area (Å²) in [5.41, 5.74) is 5.57. The van der Waals surface area contributed by atoms with Crippen LogP contribution in [0.1, 0.15) is 22.7 Å². The normalized spacial score (nSPS) is 12.9. The van der Waals surface area contributed by atoms with Crippen LogP contribution in [-0.2, 0) is 6.18 Å². The highest BCUT2D eigenvalue weighted by Gasteiger charge is 2.31. The zero-order valence-corrected chi connectivity index (χ0v) is 11.1. The maximum Gasteiger partial charge on any atom is 0.416 e. The quantitative estimate of drug-likeness (QED) is 0.819. The highest BCUT2D eigenvalue weighted by molar-refractivity contribution is 7.08. The van der Waals surface area contributed by atoms with Crippen molar-refractivity contribution >= 4 is 23.7 Å². The van der Waals surface area contributed by atoms with Gasteiger partial charge in [-0.2, -0.15) is 24.5 Å². The molecule has 1 aromatic carbocycles. The van der Waals surface area contributed by atoms with Crippen LogP contribution in [0.25, 0.3) is 0 Å². The molecule has 2 rings (SSSR count). The summed E-state index contributed by atoms with van der Waals surface area (Å²) in [5, 5.41) is 3.49. The second-order valence-corrected chi connectivity index (χ2v) is 4.59. The Morgan fingerprint density at radius 2 is 1.79 bits per heavy atom. The van der Waals surface area contributed by atoms with Gasteiger partial charge in [-0.05, 0) is 46.2 Å². The van der Waals surface area contributed by atoms with Gasteiger partial charge in [-0.1, -0.05) is 0 Å². The van der Waals surface area contributed by atoms with Crippen LogP contribution in [0.5, 0.6) is 0 Å². The molecule has 0 aliphatic carbocycles. The van der Waals surface area contributed by atoms with E-state index in [0.717, 1.165) is 12.1 Å². The van der Waals surface area contributed by atoms with Crippen molar-refractivity contribution in [1.82, 2.24) is 0 Å². The minimum atomic E-state index is -4.58. The molecule has 1 heterocycles. The molecule has 0 saturated carbocycles. The molecule has 1 aromatic heterocycles. The second-order valence-electron chi connectivity index (χ2n) is 3.81.